The lowest BCUT2D eigenvalue weighted by Crippen LogP contribution is -2.04. The standard InChI is InChI=1S/C16H12BrFO2/c17-11-3-8-15(18)14(9-11)16(19)10-1-4-12(5-2-10)20-13-6-7-13/h1-5,8-9,13H,6-7H2. The van der Waals surface area contributed by atoms with E-state index in [2.05, 4.69) is 15.9 Å². The van der Waals surface area contributed by atoms with Crippen molar-refractivity contribution < 1.29 is 13.9 Å². The number of halogens is 2. The molecule has 2 nitrogen and oxygen atoms in total. The Bertz CT molecular complexity index is 648. The van der Waals surface area contributed by atoms with Crippen molar-refractivity contribution >= 4 is 21.7 Å². The average molecular weight is 335 g/mol. The minimum absolute atomic E-state index is 0.0650. The topological polar surface area (TPSA) is 26.3 Å². The van der Waals surface area contributed by atoms with E-state index in [0.29, 0.717) is 16.1 Å². The Morgan fingerprint density at radius 3 is 2.50 bits per heavy atom. The molecule has 0 aliphatic heterocycles. The van der Waals surface area contributed by atoms with E-state index >= 15 is 0 Å². The molecule has 1 aliphatic carbocycles. The van der Waals surface area contributed by atoms with Gasteiger partial charge in [0.25, 0.3) is 0 Å². The predicted molar refractivity (Wildman–Crippen MR) is 77.6 cm³/mol. The second kappa shape index (κ2) is 5.37. The highest BCUT2D eigenvalue weighted by molar-refractivity contribution is 9.10. The quantitative estimate of drug-likeness (QED) is 0.776. The van der Waals surface area contributed by atoms with Crippen molar-refractivity contribution in [1.29, 1.82) is 0 Å². The second-order valence-corrected chi connectivity index (χ2v) is 5.71. The molecule has 1 fully saturated rings. The zero-order chi connectivity index (χ0) is 14.1. The number of hydrogen-bond acceptors (Lipinski definition) is 2. The molecule has 0 bridgehead atoms. The zero-order valence-electron chi connectivity index (χ0n) is 10.6. The zero-order valence-corrected chi connectivity index (χ0v) is 12.2. The molecular formula is C16H12BrFO2. The first-order valence-electron chi connectivity index (χ1n) is 6.40. The summed E-state index contributed by atoms with van der Waals surface area (Å²) in [5.41, 5.74) is 0.514. The van der Waals surface area contributed by atoms with Crippen LogP contribution in [0, 0.1) is 5.82 Å². The van der Waals surface area contributed by atoms with Gasteiger partial charge in [0.1, 0.15) is 11.6 Å². The van der Waals surface area contributed by atoms with E-state index in [9.17, 15) is 9.18 Å². The van der Waals surface area contributed by atoms with Crippen LogP contribution in [0.4, 0.5) is 4.39 Å². The van der Waals surface area contributed by atoms with Gasteiger partial charge in [0, 0.05) is 10.0 Å². The minimum Gasteiger partial charge on any atom is -0.490 e. The number of carbonyl (C=O) groups excluding carboxylic acids is 1. The third-order valence-corrected chi connectivity index (χ3v) is 3.61. The molecule has 0 saturated heterocycles. The Kier molecular flexibility index (Phi) is 3.57. The number of ether oxygens (including phenoxy) is 1. The van der Waals surface area contributed by atoms with E-state index < -0.39 is 5.82 Å². The number of carbonyl (C=O) groups is 1. The molecule has 0 spiro atoms. The second-order valence-electron chi connectivity index (χ2n) is 4.79. The Morgan fingerprint density at radius 1 is 1.15 bits per heavy atom. The van der Waals surface area contributed by atoms with Gasteiger partial charge in [0.05, 0.1) is 11.7 Å². The summed E-state index contributed by atoms with van der Waals surface area (Å²) in [6.45, 7) is 0. The van der Waals surface area contributed by atoms with Crippen LogP contribution in [0.5, 0.6) is 5.75 Å². The molecule has 0 amide bonds. The lowest BCUT2D eigenvalue weighted by molar-refractivity contribution is 0.103. The summed E-state index contributed by atoms with van der Waals surface area (Å²) < 4.78 is 20.0. The van der Waals surface area contributed by atoms with Crippen molar-refractivity contribution in [3.05, 3.63) is 63.9 Å². The van der Waals surface area contributed by atoms with Crippen molar-refractivity contribution in [2.24, 2.45) is 0 Å². The number of ketones is 1. The van der Waals surface area contributed by atoms with Gasteiger partial charge in [-0.25, -0.2) is 4.39 Å². The van der Waals surface area contributed by atoms with Crippen molar-refractivity contribution in [1.82, 2.24) is 0 Å². The Hall–Kier alpha value is -1.68. The summed E-state index contributed by atoms with van der Waals surface area (Å²) in [7, 11) is 0. The highest BCUT2D eigenvalue weighted by atomic mass is 79.9. The van der Waals surface area contributed by atoms with Crippen LogP contribution < -0.4 is 4.74 Å². The maximum atomic E-state index is 13.7. The SMILES string of the molecule is O=C(c1ccc(OC2CC2)cc1)c1cc(Br)ccc1F. The van der Waals surface area contributed by atoms with Crippen molar-refractivity contribution in [2.75, 3.05) is 0 Å². The Morgan fingerprint density at radius 2 is 1.85 bits per heavy atom. The predicted octanol–water partition coefficient (Wildman–Crippen LogP) is 4.36. The van der Waals surface area contributed by atoms with Gasteiger partial charge < -0.3 is 4.74 Å². The number of hydrogen-bond donors (Lipinski definition) is 0. The molecule has 2 aromatic carbocycles. The third kappa shape index (κ3) is 2.90. The van der Waals surface area contributed by atoms with Gasteiger partial charge in [0.15, 0.2) is 5.78 Å². The van der Waals surface area contributed by atoms with Gasteiger partial charge in [-0.15, -0.1) is 0 Å². The maximum absolute atomic E-state index is 13.7. The summed E-state index contributed by atoms with van der Waals surface area (Å²) in [6, 6.07) is 11.2. The maximum Gasteiger partial charge on any atom is 0.196 e. The lowest BCUT2D eigenvalue weighted by Gasteiger charge is -2.06. The van der Waals surface area contributed by atoms with E-state index in [1.165, 1.54) is 12.1 Å². The molecule has 4 heteroatoms. The summed E-state index contributed by atoms with van der Waals surface area (Å²) in [6.07, 6.45) is 2.49. The van der Waals surface area contributed by atoms with Crippen LogP contribution in [0.15, 0.2) is 46.9 Å². The van der Waals surface area contributed by atoms with Gasteiger partial charge in [-0.1, -0.05) is 15.9 Å². The van der Waals surface area contributed by atoms with Crippen molar-refractivity contribution in [3.8, 4) is 5.75 Å². The fraction of sp³-hybridized carbons (Fsp3) is 0.188. The molecule has 2 aromatic rings. The number of rotatable bonds is 4. The molecule has 0 radical (unpaired) electrons. The molecule has 1 saturated carbocycles. The first kappa shape index (κ1) is 13.3. The normalized spacial score (nSPS) is 14.1. The van der Waals surface area contributed by atoms with Gasteiger partial charge in [-0.3, -0.25) is 4.79 Å². The average Bonchev–Trinajstić information content (AvgIpc) is 3.26. The van der Waals surface area contributed by atoms with Crippen molar-refractivity contribution in [2.45, 2.75) is 18.9 Å². The first-order valence-corrected chi connectivity index (χ1v) is 7.19. The van der Waals surface area contributed by atoms with Gasteiger partial charge in [-0.05, 0) is 55.3 Å². The van der Waals surface area contributed by atoms with Crippen molar-refractivity contribution in [3.63, 3.8) is 0 Å². The van der Waals surface area contributed by atoms with Gasteiger partial charge in [0.2, 0.25) is 0 Å². The monoisotopic (exact) mass is 334 g/mol. The highest BCUT2D eigenvalue weighted by Gasteiger charge is 2.23. The minimum atomic E-state index is -0.517. The summed E-state index contributed by atoms with van der Waals surface area (Å²) in [5, 5.41) is 0. The summed E-state index contributed by atoms with van der Waals surface area (Å²) in [4.78, 5) is 12.3. The third-order valence-electron chi connectivity index (χ3n) is 3.12. The Labute approximate surface area is 124 Å². The van der Waals surface area contributed by atoms with Gasteiger partial charge in [-0.2, -0.15) is 0 Å². The first-order chi connectivity index (χ1) is 9.63. The largest absolute Gasteiger partial charge is 0.490 e. The molecule has 0 aromatic heterocycles. The van der Waals surface area contributed by atoms with E-state index in [0.717, 1.165) is 18.6 Å². The van der Waals surface area contributed by atoms with Crippen LogP contribution in [-0.4, -0.2) is 11.9 Å². The fourth-order valence-corrected chi connectivity index (χ4v) is 2.25. The fourth-order valence-electron chi connectivity index (χ4n) is 1.89. The molecule has 102 valence electrons. The molecule has 0 N–H and O–H groups in total. The van der Waals surface area contributed by atoms with Crippen LogP contribution in [0.25, 0.3) is 0 Å². The molecule has 3 rings (SSSR count). The smallest absolute Gasteiger partial charge is 0.196 e. The molecule has 0 unspecified atom stereocenters. The van der Waals surface area contributed by atoms with E-state index in [1.54, 1.807) is 30.3 Å². The molecular weight excluding hydrogens is 323 g/mol. The lowest BCUT2D eigenvalue weighted by atomic mass is 10.0. The summed E-state index contributed by atoms with van der Waals surface area (Å²) in [5.74, 6) is -0.1000. The van der Waals surface area contributed by atoms with Crippen LogP contribution >= 0.6 is 15.9 Å². The summed E-state index contributed by atoms with van der Waals surface area (Å²) >= 11 is 3.24. The van der Waals surface area contributed by atoms with E-state index in [-0.39, 0.29) is 11.3 Å². The number of benzene rings is 2. The van der Waals surface area contributed by atoms with Crippen LogP contribution in [-0.2, 0) is 0 Å². The molecule has 0 atom stereocenters. The highest BCUT2D eigenvalue weighted by Crippen LogP contribution is 2.27. The van der Waals surface area contributed by atoms with E-state index in [4.69, 9.17) is 4.74 Å². The Balaban J connectivity index is 1.83. The van der Waals surface area contributed by atoms with Crippen LogP contribution in [0.3, 0.4) is 0 Å². The van der Waals surface area contributed by atoms with Gasteiger partial charge >= 0.3 is 0 Å². The van der Waals surface area contributed by atoms with Crippen LogP contribution in [0.2, 0.25) is 0 Å². The van der Waals surface area contributed by atoms with E-state index in [1.807, 2.05) is 0 Å². The molecule has 0 heterocycles. The molecule has 1 aliphatic rings. The molecule has 20 heavy (non-hydrogen) atoms. The van der Waals surface area contributed by atoms with Crippen LogP contribution in [0.1, 0.15) is 28.8 Å².